The van der Waals surface area contributed by atoms with Crippen LogP contribution in [-0.2, 0) is 4.74 Å². The van der Waals surface area contributed by atoms with E-state index in [4.69, 9.17) is 4.74 Å². The summed E-state index contributed by atoms with van der Waals surface area (Å²) in [6.07, 6.45) is 4.48. The average molecular weight is 289 g/mol. The highest BCUT2D eigenvalue weighted by molar-refractivity contribution is 5.93. The zero-order chi connectivity index (χ0) is 14.9. The highest BCUT2D eigenvalue weighted by Crippen LogP contribution is 2.34. The Kier molecular flexibility index (Phi) is 3.85. The van der Waals surface area contributed by atoms with Crippen molar-refractivity contribution in [2.75, 3.05) is 31.6 Å². The number of aryl methyl sites for hydroxylation is 1. The van der Waals surface area contributed by atoms with Gasteiger partial charge in [0.15, 0.2) is 24.6 Å². The Morgan fingerprint density at radius 2 is 2.05 bits per heavy atom. The Labute approximate surface area is 126 Å². The summed E-state index contributed by atoms with van der Waals surface area (Å²) in [5.41, 5.74) is 4.02. The van der Waals surface area contributed by atoms with Crippen molar-refractivity contribution in [3.05, 3.63) is 23.5 Å². The van der Waals surface area contributed by atoms with Crippen LogP contribution in [0.25, 0.3) is 0 Å². The quantitative estimate of drug-likeness (QED) is 0.822. The van der Waals surface area contributed by atoms with E-state index in [1.54, 1.807) is 0 Å². The number of aromatic amines is 1. The van der Waals surface area contributed by atoms with E-state index in [2.05, 4.69) is 40.0 Å². The molecule has 2 aliphatic rings. The minimum absolute atomic E-state index is 0.274. The van der Waals surface area contributed by atoms with Gasteiger partial charge in [0.2, 0.25) is 0 Å². The van der Waals surface area contributed by atoms with E-state index < -0.39 is 0 Å². The van der Waals surface area contributed by atoms with Crippen molar-refractivity contribution in [3.63, 3.8) is 0 Å². The summed E-state index contributed by atoms with van der Waals surface area (Å²) in [4.78, 5) is 0. The highest BCUT2D eigenvalue weighted by Gasteiger charge is 2.31. The van der Waals surface area contributed by atoms with E-state index >= 15 is 0 Å². The molecule has 2 heterocycles. The van der Waals surface area contributed by atoms with E-state index in [0.717, 1.165) is 50.7 Å². The second-order valence-electron chi connectivity index (χ2n) is 6.84. The maximum Gasteiger partial charge on any atom is 0.178 e. The van der Waals surface area contributed by atoms with Crippen LogP contribution in [0.4, 0.5) is 5.82 Å². The van der Waals surface area contributed by atoms with Gasteiger partial charge in [-0.15, -0.1) is 0 Å². The van der Waals surface area contributed by atoms with Gasteiger partial charge in [-0.1, -0.05) is 13.8 Å². The minimum Gasteiger partial charge on any atom is -0.368 e. The third-order valence-electron chi connectivity index (χ3n) is 4.08. The molecular formula is C16H25N4O+. The molecule has 0 radical (unpaired) electrons. The van der Waals surface area contributed by atoms with Crippen LogP contribution in [0.5, 0.6) is 0 Å². The van der Waals surface area contributed by atoms with Gasteiger partial charge in [-0.25, -0.2) is 4.58 Å². The van der Waals surface area contributed by atoms with E-state index in [9.17, 15) is 0 Å². The number of hydrogen-bond donors (Lipinski definition) is 2. The number of aromatic nitrogens is 2. The molecule has 0 bridgehead atoms. The molecule has 0 aromatic carbocycles. The van der Waals surface area contributed by atoms with Crippen LogP contribution in [0, 0.1) is 12.3 Å². The standard InChI is InChI=1S/C16H24N4O/c1-12-8-15(19-18-12)17-13-9-14(11-16(2,3)10-13)20-4-6-21-7-5-20/h8-9H,4-7,10-11H2,1-3H3,(H,18,19)/p+1. The lowest BCUT2D eigenvalue weighted by molar-refractivity contribution is -0.550. The Bertz CT molecular complexity index is 575. The van der Waals surface area contributed by atoms with Crippen molar-refractivity contribution in [1.82, 2.24) is 10.2 Å². The van der Waals surface area contributed by atoms with Crippen LogP contribution < -0.4 is 5.32 Å². The monoisotopic (exact) mass is 289 g/mol. The number of anilines is 1. The van der Waals surface area contributed by atoms with Crippen LogP contribution in [0.15, 0.2) is 17.8 Å². The van der Waals surface area contributed by atoms with Gasteiger partial charge >= 0.3 is 0 Å². The van der Waals surface area contributed by atoms with Crippen LogP contribution >= 0.6 is 0 Å². The summed E-state index contributed by atoms with van der Waals surface area (Å²) in [6, 6.07) is 2.04. The molecule has 1 aliphatic heterocycles. The average Bonchev–Trinajstić information content (AvgIpc) is 2.83. The Morgan fingerprint density at radius 3 is 2.71 bits per heavy atom. The Balaban J connectivity index is 1.85. The van der Waals surface area contributed by atoms with Gasteiger partial charge in [-0.2, -0.15) is 5.10 Å². The molecular weight excluding hydrogens is 264 g/mol. The molecule has 1 aliphatic carbocycles. The van der Waals surface area contributed by atoms with Gasteiger partial charge in [0.1, 0.15) is 13.2 Å². The lowest BCUT2D eigenvalue weighted by Crippen LogP contribution is -2.36. The fraction of sp³-hybridized carbons (Fsp3) is 0.625. The van der Waals surface area contributed by atoms with Gasteiger partial charge in [0.05, 0.1) is 0 Å². The maximum absolute atomic E-state index is 5.46. The largest absolute Gasteiger partial charge is 0.368 e. The summed E-state index contributed by atoms with van der Waals surface area (Å²) in [6.45, 7) is 10.3. The molecule has 5 nitrogen and oxygen atoms in total. The van der Waals surface area contributed by atoms with E-state index in [1.165, 1.54) is 11.4 Å². The normalized spacial score (nSPS) is 22.1. The first-order valence-corrected chi connectivity index (χ1v) is 7.70. The summed E-state index contributed by atoms with van der Waals surface area (Å²) in [7, 11) is 0. The van der Waals surface area contributed by atoms with Gasteiger partial charge < -0.3 is 10.1 Å². The van der Waals surface area contributed by atoms with Crippen molar-refractivity contribution in [2.45, 2.75) is 33.6 Å². The van der Waals surface area contributed by atoms with Crippen LogP contribution in [0.2, 0.25) is 0 Å². The molecule has 0 amide bonds. The van der Waals surface area contributed by atoms with Crippen LogP contribution in [-0.4, -0.2) is 46.8 Å². The number of morpholine rings is 1. The Morgan fingerprint density at radius 1 is 1.29 bits per heavy atom. The lowest BCUT2D eigenvalue weighted by Gasteiger charge is -2.30. The number of nitrogens with one attached hydrogen (secondary N) is 2. The number of H-pyrrole nitrogens is 1. The Hall–Kier alpha value is -1.62. The lowest BCUT2D eigenvalue weighted by atomic mass is 9.78. The van der Waals surface area contributed by atoms with Crippen molar-refractivity contribution in [3.8, 4) is 0 Å². The zero-order valence-corrected chi connectivity index (χ0v) is 13.2. The number of nitrogens with zero attached hydrogens (tertiary/aromatic N) is 2. The molecule has 114 valence electrons. The predicted molar refractivity (Wildman–Crippen MR) is 83.9 cm³/mol. The molecule has 1 aromatic heterocycles. The first-order valence-electron chi connectivity index (χ1n) is 7.70. The highest BCUT2D eigenvalue weighted by atomic mass is 16.5. The molecule has 5 heteroatoms. The van der Waals surface area contributed by atoms with Crippen molar-refractivity contribution in [1.29, 1.82) is 0 Å². The van der Waals surface area contributed by atoms with Crippen LogP contribution in [0.1, 0.15) is 32.4 Å². The molecule has 0 atom stereocenters. The third-order valence-corrected chi connectivity index (χ3v) is 4.08. The SMILES string of the molecule is Cc1cc(NC2=CC(=[N+]3CCOCC3)CC(C)(C)C2)n[nH]1. The van der Waals surface area contributed by atoms with Gasteiger partial charge in [-0.3, -0.25) is 5.10 Å². The number of allylic oxidation sites excluding steroid dienone is 2. The zero-order valence-electron chi connectivity index (χ0n) is 13.2. The minimum atomic E-state index is 0.274. The number of ether oxygens (including phenoxy) is 1. The van der Waals surface area contributed by atoms with Crippen molar-refractivity contribution < 1.29 is 9.31 Å². The smallest absolute Gasteiger partial charge is 0.178 e. The molecule has 0 unspecified atom stereocenters. The first kappa shape index (κ1) is 14.3. The fourth-order valence-electron chi connectivity index (χ4n) is 3.15. The van der Waals surface area contributed by atoms with Crippen LogP contribution in [0.3, 0.4) is 0 Å². The molecule has 0 saturated carbocycles. The van der Waals surface area contributed by atoms with E-state index in [0.29, 0.717) is 0 Å². The maximum atomic E-state index is 5.46. The van der Waals surface area contributed by atoms with Gasteiger partial charge in [-0.05, 0) is 18.8 Å². The van der Waals surface area contributed by atoms with Gasteiger partial charge in [0.25, 0.3) is 0 Å². The number of hydrogen-bond acceptors (Lipinski definition) is 3. The summed E-state index contributed by atoms with van der Waals surface area (Å²) >= 11 is 0. The van der Waals surface area contributed by atoms with Crippen molar-refractivity contribution in [2.24, 2.45) is 5.41 Å². The molecule has 3 rings (SSSR count). The van der Waals surface area contributed by atoms with E-state index in [1.807, 2.05) is 13.0 Å². The summed E-state index contributed by atoms with van der Waals surface area (Å²) < 4.78 is 7.92. The van der Waals surface area contributed by atoms with Crippen molar-refractivity contribution >= 4 is 11.5 Å². The molecule has 21 heavy (non-hydrogen) atoms. The molecule has 0 spiro atoms. The summed E-state index contributed by atoms with van der Waals surface area (Å²) in [5, 5.41) is 10.7. The summed E-state index contributed by atoms with van der Waals surface area (Å²) in [5.74, 6) is 0.901. The van der Waals surface area contributed by atoms with Gasteiger partial charge in [0, 0.05) is 30.0 Å². The molecule has 1 aromatic rings. The van der Waals surface area contributed by atoms with E-state index in [-0.39, 0.29) is 5.41 Å². The second kappa shape index (κ2) is 5.64. The molecule has 2 N–H and O–H groups in total. The fourth-order valence-corrected chi connectivity index (χ4v) is 3.15. The molecule has 1 fully saturated rings. The first-order chi connectivity index (χ1) is 10.0. The molecule has 1 saturated heterocycles. The topological polar surface area (TPSA) is 52.9 Å². The predicted octanol–water partition coefficient (Wildman–Crippen LogP) is 2.32. The number of rotatable bonds is 2. The second-order valence-corrected chi connectivity index (χ2v) is 6.84. The third kappa shape index (κ3) is 3.53.